The molecule has 3 unspecified atom stereocenters. The molecule has 0 radical (unpaired) electrons. The highest BCUT2D eigenvalue weighted by atomic mass is 16.6. The molecule has 1 heterocycles. The summed E-state index contributed by atoms with van der Waals surface area (Å²) in [7, 11) is 0. The van der Waals surface area contributed by atoms with Gasteiger partial charge in [-0.15, -0.1) is 5.10 Å². The van der Waals surface area contributed by atoms with Gasteiger partial charge in [0, 0.05) is 37.8 Å². The zero-order chi connectivity index (χ0) is 32.5. The molecule has 256 valence electrons. The number of aryl methyl sites for hydroxylation is 2. The fraction of sp³-hybridized carbons (Fsp3) is 0.848. The van der Waals surface area contributed by atoms with Crippen LogP contribution in [0.5, 0.6) is 0 Å². The van der Waals surface area contributed by atoms with Gasteiger partial charge in [-0.25, -0.2) is 9.48 Å². The molecule has 1 saturated carbocycles. The van der Waals surface area contributed by atoms with Crippen LogP contribution >= 0.6 is 0 Å². The first-order valence-electron chi connectivity index (χ1n) is 16.9. The molecule has 0 aromatic carbocycles. The lowest BCUT2D eigenvalue weighted by Crippen LogP contribution is -2.29. The summed E-state index contributed by atoms with van der Waals surface area (Å²) in [6.45, 7) is 12.8. The Bertz CT molecular complexity index is 1040. The number of nitrogens with zero attached hydrogens (tertiary/aromatic N) is 3. The highest BCUT2D eigenvalue weighted by Gasteiger charge is 2.50. The summed E-state index contributed by atoms with van der Waals surface area (Å²) in [6, 6.07) is 0. The lowest BCUT2D eigenvalue weighted by Gasteiger charge is -2.16. The molecular weight excluding hydrogens is 580 g/mol. The predicted octanol–water partition coefficient (Wildman–Crippen LogP) is 3.97. The first-order chi connectivity index (χ1) is 21.7. The number of carbonyl (C=O) groups excluding carboxylic acids is 3. The molecule has 3 atom stereocenters. The van der Waals surface area contributed by atoms with E-state index in [4.69, 9.17) is 23.7 Å². The molecule has 45 heavy (non-hydrogen) atoms. The maximum absolute atomic E-state index is 12.2. The smallest absolute Gasteiger partial charge is 0.407 e. The van der Waals surface area contributed by atoms with Crippen LogP contribution in [0.25, 0.3) is 0 Å². The van der Waals surface area contributed by atoms with Gasteiger partial charge in [0.2, 0.25) is 0 Å². The standard InChI is InChI=1S/C33H56N4O8/c1-5-25(38)8-6-7-15-37-30-12-10-27-26(9-11-29(30)35-36-37)28(27)24-45-32(40)34-14-17-42-19-21-44-23-22-43-20-18-41-16-13-31(39)33(2,3)4/h26-28H,5-24H2,1-4H3,(H,34,40). The van der Waals surface area contributed by atoms with E-state index in [-0.39, 0.29) is 11.2 Å². The monoisotopic (exact) mass is 636 g/mol. The molecule has 2 aliphatic carbocycles. The van der Waals surface area contributed by atoms with Crippen LogP contribution in [0.4, 0.5) is 4.79 Å². The molecule has 0 spiro atoms. The number of ether oxygens (including phenoxy) is 5. The third kappa shape index (κ3) is 13.9. The number of amides is 1. The van der Waals surface area contributed by atoms with Crippen molar-refractivity contribution in [3.05, 3.63) is 11.4 Å². The number of nitrogens with one attached hydrogen (secondary N) is 1. The fourth-order valence-corrected chi connectivity index (χ4v) is 5.76. The van der Waals surface area contributed by atoms with Gasteiger partial charge in [-0.05, 0) is 56.3 Å². The highest BCUT2D eigenvalue weighted by molar-refractivity contribution is 5.83. The second-order valence-electron chi connectivity index (χ2n) is 13.0. The molecule has 1 N–H and O–H groups in total. The number of rotatable bonds is 23. The number of hydrogen-bond acceptors (Lipinski definition) is 10. The largest absolute Gasteiger partial charge is 0.449 e. The zero-order valence-electron chi connectivity index (χ0n) is 28.0. The molecule has 1 amide bonds. The number of fused-ring (bicyclic) bond motifs is 2. The van der Waals surface area contributed by atoms with Gasteiger partial charge in [0.05, 0.1) is 70.8 Å². The average Bonchev–Trinajstić information content (AvgIpc) is 3.52. The van der Waals surface area contributed by atoms with Gasteiger partial charge >= 0.3 is 6.09 Å². The maximum Gasteiger partial charge on any atom is 0.407 e. The Labute approximate surface area is 268 Å². The van der Waals surface area contributed by atoms with Crippen LogP contribution in [0.2, 0.25) is 0 Å². The topological polar surface area (TPSA) is 140 Å². The van der Waals surface area contributed by atoms with Crippen LogP contribution in [0.1, 0.15) is 84.0 Å². The molecule has 12 heteroatoms. The summed E-state index contributed by atoms with van der Waals surface area (Å²) < 4.78 is 29.4. The Morgan fingerprint density at radius 1 is 0.844 bits per heavy atom. The van der Waals surface area contributed by atoms with Crippen LogP contribution in [0.3, 0.4) is 0 Å². The Kier molecular flexibility index (Phi) is 16.4. The van der Waals surface area contributed by atoms with E-state index in [0.29, 0.717) is 109 Å². The second kappa shape index (κ2) is 20.0. The van der Waals surface area contributed by atoms with E-state index in [1.54, 1.807) is 0 Å². The van der Waals surface area contributed by atoms with E-state index >= 15 is 0 Å². The molecule has 0 saturated heterocycles. The minimum atomic E-state index is -0.404. The third-order valence-corrected chi connectivity index (χ3v) is 8.67. The van der Waals surface area contributed by atoms with E-state index in [1.807, 2.05) is 32.4 Å². The van der Waals surface area contributed by atoms with Crippen molar-refractivity contribution < 1.29 is 38.1 Å². The summed E-state index contributed by atoms with van der Waals surface area (Å²) in [5, 5.41) is 11.6. The molecule has 12 nitrogen and oxygen atoms in total. The van der Waals surface area contributed by atoms with Crippen molar-refractivity contribution in [2.75, 3.05) is 66.0 Å². The molecule has 0 bridgehead atoms. The van der Waals surface area contributed by atoms with Crippen LogP contribution < -0.4 is 5.32 Å². The minimum absolute atomic E-state index is 0.195. The van der Waals surface area contributed by atoms with Crippen molar-refractivity contribution in [1.82, 2.24) is 20.3 Å². The molecule has 0 aliphatic heterocycles. The van der Waals surface area contributed by atoms with E-state index in [1.165, 1.54) is 5.69 Å². The number of carbonyl (C=O) groups is 3. The van der Waals surface area contributed by atoms with E-state index in [0.717, 1.165) is 50.8 Å². The van der Waals surface area contributed by atoms with Crippen molar-refractivity contribution in [3.63, 3.8) is 0 Å². The SMILES string of the molecule is CCC(=O)CCCCn1nnc2c1CCC1C(CC2)C1COC(=O)NCCOCCOCCOCCOCCC(=O)C(C)(C)C. The van der Waals surface area contributed by atoms with E-state index < -0.39 is 6.09 Å². The van der Waals surface area contributed by atoms with Crippen molar-refractivity contribution in [2.45, 2.75) is 92.0 Å². The third-order valence-electron chi connectivity index (χ3n) is 8.67. The Hall–Kier alpha value is -2.41. The lowest BCUT2D eigenvalue weighted by molar-refractivity contribution is -0.127. The molecule has 1 aromatic heterocycles. The van der Waals surface area contributed by atoms with Crippen molar-refractivity contribution in [2.24, 2.45) is 23.2 Å². The van der Waals surface area contributed by atoms with Crippen molar-refractivity contribution >= 4 is 17.7 Å². The summed E-state index contributed by atoms with van der Waals surface area (Å²) in [5.74, 6) is 2.08. The molecule has 2 aliphatic rings. The van der Waals surface area contributed by atoms with Gasteiger partial charge in [-0.1, -0.05) is 32.9 Å². The second-order valence-corrected chi connectivity index (χ2v) is 13.0. The maximum atomic E-state index is 12.2. The van der Waals surface area contributed by atoms with Crippen LogP contribution in [-0.4, -0.2) is 98.7 Å². The van der Waals surface area contributed by atoms with Crippen LogP contribution in [0, 0.1) is 23.2 Å². The van der Waals surface area contributed by atoms with E-state index in [9.17, 15) is 14.4 Å². The number of hydrogen-bond donors (Lipinski definition) is 1. The van der Waals surface area contributed by atoms with Gasteiger partial charge in [-0.2, -0.15) is 0 Å². The first-order valence-corrected chi connectivity index (χ1v) is 16.9. The molecular formula is C33H56N4O8. The quantitative estimate of drug-likeness (QED) is 0.176. The van der Waals surface area contributed by atoms with E-state index in [2.05, 4.69) is 15.6 Å². The lowest BCUT2D eigenvalue weighted by atomic mass is 9.89. The molecule has 1 aromatic rings. The van der Waals surface area contributed by atoms with Gasteiger partial charge < -0.3 is 29.0 Å². The van der Waals surface area contributed by atoms with Gasteiger partial charge in [0.1, 0.15) is 11.6 Å². The summed E-state index contributed by atoms with van der Waals surface area (Å²) in [6.07, 6.45) is 7.09. The molecule has 1 fully saturated rings. The summed E-state index contributed by atoms with van der Waals surface area (Å²) >= 11 is 0. The van der Waals surface area contributed by atoms with Gasteiger partial charge in [0.25, 0.3) is 0 Å². The number of unbranched alkanes of at least 4 members (excludes halogenated alkanes) is 1. The Balaban J connectivity index is 1.12. The van der Waals surface area contributed by atoms with Crippen LogP contribution in [0.15, 0.2) is 0 Å². The summed E-state index contributed by atoms with van der Waals surface area (Å²) in [5.41, 5.74) is 2.02. The predicted molar refractivity (Wildman–Crippen MR) is 168 cm³/mol. The Morgan fingerprint density at radius 3 is 2.11 bits per heavy atom. The van der Waals surface area contributed by atoms with Crippen molar-refractivity contribution in [1.29, 1.82) is 0 Å². The van der Waals surface area contributed by atoms with Gasteiger partial charge in [0.15, 0.2) is 0 Å². The van der Waals surface area contributed by atoms with Crippen LogP contribution in [-0.2, 0) is 52.7 Å². The van der Waals surface area contributed by atoms with Crippen molar-refractivity contribution in [3.8, 4) is 0 Å². The highest BCUT2D eigenvalue weighted by Crippen LogP contribution is 2.52. The number of ketones is 2. The normalized spacial score (nSPS) is 19.2. The number of aromatic nitrogens is 3. The zero-order valence-corrected chi connectivity index (χ0v) is 28.0. The fourth-order valence-electron chi connectivity index (χ4n) is 5.76. The summed E-state index contributed by atoms with van der Waals surface area (Å²) in [4.78, 5) is 35.6. The average molecular weight is 637 g/mol. The Morgan fingerprint density at radius 2 is 1.47 bits per heavy atom. The number of Topliss-reactive ketones (excluding diaryl/α,β-unsaturated/α-hetero) is 2. The minimum Gasteiger partial charge on any atom is -0.449 e. The number of alkyl carbamates (subject to hydrolysis) is 1. The van der Waals surface area contributed by atoms with Gasteiger partial charge in [-0.3, -0.25) is 9.59 Å². The first kappa shape index (κ1) is 37.1. The molecule has 3 rings (SSSR count).